The fourth-order valence-corrected chi connectivity index (χ4v) is 1.90. The Hall–Kier alpha value is -1.03. The molecule has 1 heterocycles. The molecule has 0 aliphatic rings. The lowest BCUT2D eigenvalue weighted by Gasteiger charge is -2.30. The van der Waals surface area contributed by atoms with Gasteiger partial charge in [-0.05, 0) is 0 Å². The molecule has 2 N–H and O–H groups in total. The number of aliphatic hydroxyl groups is 1. The van der Waals surface area contributed by atoms with Crippen LogP contribution in [0.15, 0.2) is 6.20 Å². The van der Waals surface area contributed by atoms with E-state index in [4.69, 9.17) is 5.11 Å². The van der Waals surface area contributed by atoms with Crippen LogP contribution in [0.4, 0.5) is 31.5 Å². The van der Waals surface area contributed by atoms with Gasteiger partial charge in [-0.2, -0.15) is 26.3 Å². The van der Waals surface area contributed by atoms with E-state index < -0.39 is 22.8 Å². The van der Waals surface area contributed by atoms with E-state index >= 15 is 0 Å². The number of hydrogen-bond acceptors (Lipinski definition) is 4. The van der Waals surface area contributed by atoms with Gasteiger partial charge in [-0.15, -0.1) is 0 Å². The number of hydrogen-bond donors (Lipinski definition) is 2. The number of alkyl halides is 6. The standard InChI is InChI=1S/C7H6F6N2OS/c1-14-4-15-2-3(17-4)5(16,6(8,9)10)7(11,12)13/h2,16H,1H3,(H,14,15). The van der Waals surface area contributed by atoms with Crippen LogP contribution in [0, 0.1) is 0 Å². The lowest BCUT2D eigenvalue weighted by Crippen LogP contribution is -2.53. The van der Waals surface area contributed by atoms with Crippen LogP contribution in [-0.2, 0) is 5.60 Å². The summed E-state index contributed by atoms with van der Waals surface area (Å²) in [7, 11) is 1.28. The van der Waals surface area contributed by atoms with Gasteiger partial charge in [0.2, 0.25) is 0 Å². The lowest BCUT2D eigenvalue weighted by atomic mass is 10.0. The molecule has 0 atom stereocenters. The number of aromatic nitrogens is 1. The van der Waals surface area contributed by atoms with E-state index in [0.717, 1.165) is 0 Å². The number of halogens is 6. The van der Waals surface area contributed by atoms with Crippen molar-refractivity contribution in [3.05, 3.63) is 11.1 Å². The minimum atomic E-state index is -5.87. The highest BCUT2D eigenvalue weighted by molar-refractivity contribution is 7.15. The third-order valence-electron chi connectivity index (χ3n) is 1.90. The Morgan fingerprint density at radius 3 is 1.94 bits per heavy atom. The molecule has 0 aliphatic heterocycles. The first kappa shape index (κ1) is 14.0. The summed E-state index contributed by atoms with van der Waals surface area (Å²) in [5, 5.41) is 11.1. The molecule has 0 aromatic carbocycles. The van der Waals surface area contributed by atoms with E-state index in [9.17, 15) is 26.3 Å². The molecule has 0 radical (unpaired) electrons. The fourth-order valence-electron chi connectivity index (χ4n) is 0.997. The summed E-state index contributed by atoms with van der Waals surface area (Å²) in [4.78, 5) is 1.94. The molecule has 0 aliphatic carbocycles. The highest BCUT2D eigenvalue weighted by Gasteiger charge is 2.72. The van der Waals surface area contributed by atoms with Gasteiger partial charge in [-0.1, -0.05) is 11.3 Å². The van der Waals surface area contributed by atoms with Crippen LogP contribution >= 0.6 is 11.3 Å². The summed E-state index contributed by atoms with van der Waals surface area (Å²) in [5.74, 6) is 0. The number of anilines is 1. The maximum Gasteiger partial charge on any atom is 0.431 e. The predicted molar refractivity (Wildman–Crippen MR) is 47.7 cm³/mol. The number of nitrogens with one attached hydrogen (secondary N) is 1. The predicted octanol–water partition coefficient (Wildman–Crippen LogP) is 2.50. The largest absolute Gasteiger partial charge is 0.431 e. The first-order valence-electron chi connectivity index (χ1n) is 4.04. The van der Waals surface area contributed by atoms with E-state index in [1.807, 2.05) is 0 Å². The molecule has 0 fully saturated rings. The number of nitrogens with zero attached hydrogens (tertiary/aromatic N) is 1. The average Bonchev–Trinajstić information content (AvgIpc) is 2.61. The zero-order chi connectivity index (χ0) is 13.5. The van der Waals surface area contributed by atoms with E-state index in [1.54, 1.807) is 0 Å². The Kier molecular flexibility index (Phi) is 3.32. The second kappa shape index (κ2) is 4.02. The summed E-state index contributed by atoms with van der Waals surface area (Å²) >= 11 is 0.0813. The Morgan fingerprint density at radius 1 is 1.18 bits per heavy atom. The van der Waals surface area contributed by atoms with Crippen LogP contribution in [0.2, 0.25) is 0 Å². The van der Waals surface area contributed by atoms with Crippen molar-refractivity contribution in [2.24, 2.45) is 0 Å². The summed E-state index contributed by atoms with van der Waals surface area (Å²) in [6.07, 6.45) is -11.4. The van der Waals surface area contributed by atoms with Crippen LogP contribution in [0.25, 0.3) is 0 Å². The van der Waals surface area contributed by atoms with Gasteiger partial charge in [-0.3, -0.25) is 0 Å². The molecule has 17 heavy (non-hydrogen) atoms. The van der Waals surface area contributed by atoms with Crippen molar-refractivity contribution in [2.75, 3.05) is 12.4 Å². The van der Waals surface area contributed by atoms with Gasteiger partial charge >= 0.3 is 12.4 Å². The van der Waals surface area contributed by atoms with Crippen LogP contribution in [0.1, 0.15) is 4.88 Å². The number of thiazole rings is 1. The van der Waals surface area contributed by atoms with Crippen LogP contribution in [-0.4, -0.2) is 29.5 Å². The van der Waals surface area contributed by atoms with Crippen LogP contribution in [0.5, 0.6) is 0 Å². The molecule has 0 spiro atoms. The van der Waals surface area contributed by atoms with Gasteiger partial charge in [0.05, 0.1) is 4.88 Å². The van der Waals surface area contributed by atoms with Crippen molar-refractivity contribution >= 4 is 16.5 Å². The Bertz CT molecular complexity index is 384. The molecule has 98 valence electrons. The molecule has 1 aromatic rings. The van der Waals surface area contributed by atoms with E-state index in [-0.39, 0.29) is 16.5 Å². The van der Waals surface area contributed by atoms with Crippen LogP contribution in [0.3, 0.4) is 0 Å². The first-order valence-corrected chi connectivity index (χ1v) is 4.85. The zero-order valence-electron chi connectivity index (χ0n) is 8.15. The van der Waals surface area contributed by atoms with Gasteiger partial charge < -0.3 is 10.4 Å². The van der Waals surface area contributed by atoms with E-state index in [0.29, 0.717) is 6.20 Å². The zero-order valence-corrected chi connectivity index (χ0v) is 8.96. The van der Waals surface area contributed by atoms with Crippen LogP contribution < -0.4 is 5.32 Å². The molecule has 0 unspecified atom stereocenters. The second-order valence-electron chi connectivity index (χ2n) is 2.99. The van der Waals surface area contributed by atoms with Crippen molar-refractivity contribution in [3.8, 4) is 0 Å². The van der Waals surface area contributed by atoms with Crippen molar-refractivity contribution in [3.63, 3.8) is 0 Å². The molecular formula is C7H6F6N2OS. The highest BCUT2D eigenvalue weighted by atomic mass is 32.1. The van der Waals surface area contributed by atoms with E-state index in [2.05, 4.69) is 10.3 Å². The minimum Gasteiger partial charge on any atom is -0.369 e. The van der Waals surface area contributed by atoms with Gasteiger partial charge in [0.1, 0.15) is 0 Å². The number of rotatable bonds is 2. The van der Waals surface area contributed by atoms with E-state index in [1.165, 1.54) is 7.05 Å². The third kappa shape index (κ3) is 2.18. The fraction of sp³-hybridized carbons (Fsp3) is 0.571. The Morgan fingerprint density at radius 2 is 1.65 bits per heavy atom. The second-order valence-corrected chi connectivity index (χ2v) is 4.02. The SMILES string of the molecule is CNc1ncc(C(O)(C(F)(F)F)C(F)(F)F)s1. The maximum absolute atomic E-state index is 12.4. The summed E-state index contributed by atoms with van der Waals surface area (Å²) in [6, 6.07) is 0. The molecular weight excluding hydrogens is 274 g/mol. The third-order valence-corrected chi connectivity index (χ3v) is 3.02. The first-order chi connectivity index (χ1) is 7.54. The quantitative estimate of drug-likeness (QED) is 0.818. The molecule has 1 rings (SSSR count). The lowest BCUT2D eigenvalue weighted by molar-refractivity contribution is -0.375. The minimum absolute atomic E-state index is 0.0813. The van der Waals surface area contributed by atoms with Gasteiger partial charge in [0, 0.05) is 13.2 Å². The van der Waals surface area contributed by atoms with Gasteiger partial charge in [-0.25, -0.2) is 4.98 Å². The Balaban J connectivity index is 3.35. The summed E-state index contributed by atoms with van der Waals surface area (Å²) in [5.41, 5.74) is -4.90. The summed E-state index contributed by atoms with van der Waals surface area (Å²) in [6.45, 7) is 0. The molecule has 0 bridgehead atoms. The molecule has 3 nitrogen and oxygen atoms in total. The molecule has 1 aromatic heterocycles. The van der Waals surface area contributed by atoms with Crippen molar-refractivity contribution < 1.29 is 31.4 Å². The molecule has 0 saturated heterocycles. The normalized spacial score (nSPS) is 13.9. The smallest absolute Gasteiger partial charge is 0.369 e. The molecule has 0 saturated carbocycles. The van der Waals surface area contributed by atoms with Gasteiger partial charge in [0.15, 0.2) is 5.13 Å². The average molecular weight is 280 g/mol. The molecule has 10 heteroatoms. The van der Waals surface area contributed by atoms with Crippen molar-refractivity contribution in [1.29, 1.82) is 0 Å². The monoisotopic (exact) mass is 280 g/mol. The van der Waals surface area contributed by atoms with Crippen molar-refractivity contribution in [1.82, 2.24) is 4.98 Å². The summed E-state index contributed by atoms with van der Waals surface area (Å²) < 4.78 is 74.3. The van der Waals surface area contributed by atoms with Crippen molar-refractivity contribution in [2.45, 2.75) is 18.0 Å². The highest BCUT2D eigenvalue weighted by Crippen LogP contribution is 2.51. The Labute approximate surface area is 95.1 Å². The van der Waals surface area contributed by atoms with Gasteiger partial charge in [0.25, 0.3) is 5.60 Å². The maximum atomic E-state index is 12.4. The topological polar surface area (TPSA) is 45.2 Å². The molecule has 0 amide bonds.